The highest BCUT2D eigenvalue weighted by atomic mass is 16.5. The van der Waals surface area contributed by atoms with E-state index in [4.69, 9.17) is 14.0 Å². The molecule has 0 spiro atoms. The summed E-state index contributed by atoms with van der Waals surface area (Å²) in [4.78, 5) is 16.6. The first kappa shape index (κ1) is 17.5. The van der Waals surface area contributed by atoms with E-state index in [0.29, 0.717) is 23.0 Å². The average molecular weight is 353 g/mol. The molecule has 3 rings (SSSR count). The summed E-state index contributed by atoms with van der Waals surface area (Å²) in [5.41, 5.74) is 2.20. The summed E-state index contributed by atoms with van der Waals surface area (Å²) in [6.45, 7) is 2.02. The van der Waals surface area contributed by atoms with Crippen molar-refractivity contribution in [2.75, 3.05) is 14.2 Å². The number of carbonyl (C=O) groups is 1. The SMILES string of the molecule is COc1cccc(-c2noc(CNC(=O)c3ccc(OC)c(C)c3)n2)c1. The van der Waals surface area contributed by atoms with Gasteiger partial charge in [0.2, 0.25) is 11.7 Å². The van der Waals surface area contributed by atoms with E-state index >= 15 is 0 Å². The maximum atomic E-state index is 12.3. The molecule has 0 saturated heterocycles. The van der Waals surface area contributed by atoms with Crippen LogP contribution in [0.5, 0.6) is 11.5 Å². The Bertz CT molecular complexity index is 921. The highest BCUT2D eigenvalue weighted by molar-refractivity contribution is 5.94. The number of carbonyl (C=O) groups excluding carboxylic acids is 1. The van der Waals surface area contributed by atoms with Crippen LogP contribution in [0.3, 0.4) is 0 Å². The smallest absolute Gasteiger partial charge is 0.251 e. The van der Waals surface area contributed by atoms with Gasteiger partial charge in [0.1, 0.15) is 11.5 Å². The molecule has 0 aliphatic heterocycles. The van der Waals surface area contributed by atoms with Gasteiger partial charge in [0.05, 0.1) is 20.8 Å². The quantitative estimate of drug-likeness (QED) is 0.733. The molecule has 3 aromatic rings. The van der Waals surface area contributed by atoms with E-state index in [1.807, 2.05) is 31.2 Å². The zero-order valence-electron chi connectivity index (χ0n) is 14.8. The minimum atomic E-state index is -0.225. The first-order chi connectivity index (χ1) is 12.6. The van der Waals surface area contributed by atoms with Crippen LogP contribution in [0.2, 0.25) is 0 Å². The van der Waals surface area contributed by atoms with Crippen molar-refractivity contribution in [2.24, 2.45) is 0 Å². The van der Waals surface area contributed by atoms with Gasteiger partial charge in [-0.1, -0.05) is 17.3 Å². The Balaban J connectivity index is 1.66. The van der Waals surface area contributed by atoms with Crippen LogP contribution in [0.1, 0.15) is 21.8 Å². The van der Waals surface area contributed by atoms with E-state index in [9.17, 15) is 4.79 Å². The van der Waals surface area contributed by atoms with Gasteiger partial charge in [-0.2, -0.15) is 4.98 Å². The minimum Gasteiger partial charge on any atom is -0.497 e. The first-order valence-electron chi connectivity index (χ1n) is 8.00. The Labute approximate surface area is 150 Å². The van der Waals surface area contributed by atoms with Crippen LogP contribution in [0.15, 0.2) is 47.0 Å². The lowest BCUT2D eigenvalue weighted by atomic mass is 10.1. The normalized spacial score (nSPS) is 10.4. The summed E-state index contributed by atoms with van der Waals surface area (Å²) in [5, 5.41) is 6.71. The van der Waals surface area contributed by atoms with Crippen molar-refractivity contribution in [1.82, 2.24) is 15.5 Å². The molecule has 0 saturated carbocycles. The van der Waals surface area contributed by atoms with Gasteiger partial charge in [0.15, 0.2) is 0 Å². The van der Waals surface area contributed by atoms with Crippen LogP contribution in [0.25, 0.3) is 11.4 Å². The minimum absolute atomic E-state index is 0.140. The lowest BCUT2D eigenvalue weighted by molar-refractivity contribution is 0.0946. The van der Waals surface area contributed by atoms with Crippen molar-refractivity contribution >= 4 is 5.91 Å². The molecule has 1 N–H and O–H groups in total. The number of aromatic nitrogens is 2. The molecule has 7 nitrogen and oxygen atoms in total. The van der Waals surface area contributed by atoms with E-state index < -0.39 is 0 Å². The van der Waals surface area contributed by atoms with E-state index in [0.717, 1.165) is 16.9 Å². The summed E-state index contributed by atoms with van der Waals surface area (Å²) in [7, 11) is 3.19. The lowest BCUT2D eigenvalue weighted by Gasteiger charge is -2.07. The number of aryl methyl sites for hydroxylation is 1. The van der Waals surface area contributed by atoms with Gasteiger partial charge in [-0.25, -0.2) is 0 Å². The zero-order chi connectivity index (χ0) is 18.5. The molecule has 7 heteroatoms. The number of hydrogen-bond acceptors (Lipinski definition) is 6. The number of methoxy groups -OCH3 is 2. The number of rotatable bonds is 6. The lowest BCUT2D eigenvalue weighted by Crippen LogP contribution is -2.23. The van der Waals surface area contributed by atoms with Crippen LogP contribution in [-0.4, -0.2) is 30.3 Å². The largest absolute Gasteiger partial charge is 0.497 e. The molecule has 2 aromatic carbocycles. The molecule has 0 aliphatic rings. The Morgan fingerprint density at radius 2 is 2.00 bits per heavy atom. The van der Waals surface area contributed by atoms with Crippen molar-refractivity contribution in [3.8, 4) is 22.9 Å². The van der Waals surface area contributed by atoms with E-state index in [1.54, 1.807) is 32.4 Å². The summed E-state index contributed by atoms with van der Waals surface area (Å²) in [6.07, 6.45) is 0. The van der Waals surface area contributed by atoms with E-state index in [1.165, 1.54) is 0 Å². The second-order valence-electron chi connectivity index (χ2n) is 5.61. The molecule has 26 heavy (non-hydrogen) atoms. The number of nitrogens with one attached hydrogen (secondary N) is 1. The van der Waals surface area contributed by atoms with Crippen molar-refractivity contribution in [1.29, 1.82) is 0 Å². The molecule has 0 bridgehead atoms. The molecule has 0 radical (unpaired) electrons. The first-order valence-corrected chi connectivity index (χ1v) is 8.00. The Kier molecular flexibility index (Phi) is 5.17. The average Bonchev–Trinajstić information content (AvgIpc) is 3.15. The predicted molar refractivity (Wildman–Crippen MR) is 95.2 cm³/mol. The molecule has 1 heterocycles. The van der Waals surface area contributed by atoms with Gasteiger partial charge in [-0.05, 0) is 42.8 Å². The third-order valence-corrected chi connectivity index (χ3v) is 3.85. The van der Waals surface area contributed by atoms with Crippen LogP contribution < -0.4 is 14.8 Å². The zero-order valence-corrected chi connectivity index (χ0v) is 14.8. The molecule has 134 valence electrons. The molecule has 1 aromatic heterocycles. The number of hydrogen-bond donors (Lipinski definition) is 1. The fourth-order valence-electron chi connectivity index (χ4n) is 2.48. The van der Waals surface area contributed by atoms with Crippen molar-refractivity contribution in [3.05, 3.63) is 59.5 Å². The van der Waals surface area contributed by atoms with E-state index in [2.05, 4.69) is 15.5 Å². The Hall–Kier alpha value is -3.35. The molecule has 0 fully saturated rings. The number of ether oxygens (including phenoxy) is 2. The third-order valence-electron chi connectivity index (χ3n) is 3.85. The summed E-state index contributed by atoms with van der Waals surface area (Å²) >= 11 is 0. The molecule has 0 unspecified atom stereocenters. The molecular formula is C19H19N3O4. The van der Waals surface area contributed by atoms with Crippen molar-refractivity contribution in [3.63, 3.8) is 0 Å². The molecule has 0 aliphatic carbocycles. The molecule has 0 atom stereocenters. The molecular weight excluding hydrogens is 334 g/mol. The van der Waals surface area contributed by atoms with Gasteiger partial charge < -0.3 is 19.3 Å². The number of nitrogens with zero attached hydrogens (tertiary/aromatic N) is 2. The summed E-state index contributed by atoms with van der Waals surface area (Å²) < 4.78 is 15.6. The molecule has 1 amide bonds. The van der Waals surface area contributed by atoms with Gasteiger partial charge in [-0.15, -0.1) is 0 Å². The van der Waals surface area contributed by atoms with Crippen molar-refractivity contribution in [2.45, 2.75) is 13.5 Å². The Morgan fingerprint density at radius 3 is 2.73 bits per heavy atom. The van der Waals surface area contributed by atoms with Crippen LogP contribution in [0, 0.1) is 6.92 Å². The predicted octanol–water partition coefficient (Wildman–Crippen LogP) is 2.99. The van der Waals surface area contributed by atoms with Crippen LogP contribution >= 0.6 is 0 Å². The highest BCUT2D eigenvalue weighted by Gasteiger charge is 2.12. The van der Waals surface area contributed by atoms with Gasteiger partial charge in [0, 0.05) is 11.1 Å². The fourth-order valence-corrected chi connectivity index (χ4v) is 2.48. The summed E-state index contributed by atoms with van der Waals surface area (Å²) in [5.74, 6) is 1.98. The second kappa shape index (κ2) is 7.69. The van der Waals surface area contributed by atoms with E-state index in [-0.39, 0.29) is 12.5 Å². The van der Waals surface area contributed by atoms with Crippen LogP contribution in [0.4, 0.5) is 0 Å². The fraction of sp³-hybridized carbons (Fsp3) is 0.211. The van der Waals surface area contributed by atoms with Gasteiger partial charge >= 0.3 is 0 Å². The van der Waals surface area contributed by atoms with Gasteiger partial charge in [0.25, 0.3) is 5.91 Å². The topological polar surface area (TPSA) is 86.5 Å². The van der Waals surface area contributed by atoms with Crippen molar-refractivity contribution < 1.29 is 18.8 Å². The monoisotopic (exact) mass is 353 g/mol. The number of amides is 1. The van der Waals surface area contributed by atoms with Gasteiger partial charge in [-0.3, -0.25) is 4.79 Å². The second-order valence-corrected chi connectivity index (χ2v) is 5.61. The highest BCUT2D eigenvalue weighted by Crippen LogP contribution is 2.21. The third kappa shape index (κ3) is 3.83. The standard InChI is InChI=1S/C19H19N3O4/c1-12-9-14(7-8-16(12)25-3)19(23)20-11-17-21-18(22-26-17)13-5-4-6-15(10-13)24-2/h4-10H,11H2,1-3H3,(H,20,23). The summed E-state index contributed by atoms with van der Waals surface area (Å²) in [6, 6.07) is 12.6. The maximum Gasteiger partial charge on any atom is 0.251 e. The number of benzene rings is 2. The Morgan fingerprint density at radius 1 is 1.15 bits per heavy atom. The van der Waals surface area contributed by atoms with Crippen LogP contribution in [-0.2, 0) is 6.54 Å². The maximum absolute atomic E-state index is 12.3.